The highest BCUT2D eigenvalue weighted by molar-refractivity contribution is 5.91. The van der Waals surface area contributed by atoms with Crippen LogP contribution in [0.2, 0.25) is 0 Å². The number of carbonyl (C=O) groups excluding carboxylic acids is 1. The van der Waals surface area contributed by atoms with Crippen LogP contribution in [-0.4, -0.2) is 45.5 Å². The van der Waals surface area contributed by atoms with Crippen LogP contribution in [0.5, 0.6) is 0 Å². The molecule has 0 aliphatic rings. The van der Waals surface area contributed by atoms with Crippen molar-refractivity contribution in [1.82, 2.24) is 25.3 Å². The number of anilines is 2. The van der Waals surface area contributed by atoms with Crippen molar-refractivity contribution in [3.05, 3.63) is 35.5 Å². The van der Waals surface area contributed by atoms with Gasteiger partial charge < -0.3 is 16.0 Å². The van der Waals surface area contributed by atoms with Crippen LogP contribution in [0.3, 0.4) is 0 Å². The Morgan fingerprint density at radius 3 is 2.57 bits per heavy atom. The molecule has 0 atom stereocenters. The number of hydrogen-bond donors (Lipinski definition) is 3. The summed E-state index contributed by atoms with van der Waals surface area (Å²) in [7, 11) is 0. The molecule has 1 amide bonds. The molecule has 2 heterocycles. The lowest BCUT2D eigenvalue weighted by molar-refractivity contribution is 0.0949. The summed E-state index contributed by atoms with van der Waals surface area (Å²) < 4.78 is 0. The summed E-state index contributed by atoms with van der Waals surface area (Å²) in [6.45, 7) is 7.48. The third-order valence-corrected chi connectivity index (χ3v) is 2.92. The summed E-state index contributed by atoms with van der Waals surface area (Å²) in [5, 5.41) is 9.00. The van der Waals surface area contributed by atoms with Crippen LogP contribution < -0.4 is 16.0 Å². The second kappa shape index (κ2) is 8.02. The van der Waals surface area contributed by atoms with Crippen LogP contribution >= 0.6 is 0 Å². The molecule has 8 nitrogen and oxygen atoms in total. The third-order valence-electron chi connectivity index (χ3n) is 2.92. The molecule has 0 saturated heterocycles. The quantitative estimate of drug-likeness (QED) is 0.658. The molecule has 0 aliphatic carbocycles. The number of carbonyl (C=O) groups is 1. The summed E-state index contributed by atoms with van der Waals surface area (Å²) in [6.07, 6.45) is 3.03. The molecule has 2 aromatic heterocycles. The van der Waals surface area contributed by atoms with Gasteiger partial charge in [0.05, 0.1) is 11.9 Å². The van der Waals surface area contributed by atoms with E-state index in [4.69, 9.17) is 0 Å². The molecule has 0 spiro atoms. The van der Waals surface area contributed by atoms with Crippen molar-refractivity contribution in [3.8, 4) is 0 Å². The largest absolute Gasteiger partial charge is 0.370 e. The summed E-state index contributed by atoms with van der Waals surface area (Å²) >= 11 is 0. The van der Waals surface area contributed by atoms with Crippen molar-refractivity contribution in [2.75, 3.05) is 30.3 Å². The van der Waals surface area contributed by atoms with Crippen molar-refractivity contribution < 1.29 is 4.79 Å². The number of nitrogens with one attached hydrogen (secondary N) is 3. The van der Waals surface area contributed by atoms with E-state index in [0.717, 1.165) is 23.8 Å². The Kier molecular flexibility index (Phi) is 5.79. The van der Waals surface area contributed by atoms with E-state index in [0.29, 0.717) is 24.7 Å². The maximum absolute atomic E-state index is 11.9. The molecule has 2 aromatic rings. The van der Waals surface area contributed by atoms with Gasteiger partial charge in [-0.05, 0) is 20.8 Å². The van der Waals surface area contributed by atoms with Crippen LogP contribution in [0.4, 0.5) is 11.8 Å². The van der Waals surface area contributed by atoms with Gasteiger partial charge in [-0.15, -0.1) is 0 Å². The second-order valence-corrected chi connectivity index (χ2v) is 4.97. The lowest BCUT2D eigenvalue weighted by atomic mass is 10.4. The minimum Gasteiger partial charge on any atom is -0.370 e. The van der Waals surface area contributed by atoms with Crippen molar-refractivity contribution in [2.45, 2.75) is 20.8 Å². The van der Waals surface area contributed by atoms with Gasteiger partial charge in [-0.1, -0.05) is 0 Å². The standard InChI is InChI=1S/C15H21N7O/c1-4-16-13-7-10(2)21-15(22-13)18-6-5-17-14(23)12-9-19-11(3)8-20-12/h7-9H,4-6H2,1-3H3,(H,17,23)(H2,16,18,21,22). The maximum Gasteiger partial charge on any atom is 0.271 e. The van der Waals surface area contributed by atoms with Gasteiger partial charge in [-0.2, -0.15) is 4.98 Å². The number of amides is 1. The van der Waals surface area contributed by atoms with Gasteiger partial charge in [0.15, 0.2) is 0 Å². The number of aryl methyl sites for hydroxylation is 2. The lowest BCUT2D eigenvalue weighted by Gasteiger charge is -2.09. The van der Waals surface area contributed by atoms with Gasteiger partial charge >= 0.3 is 0 Å². The van der Waals surface area contributed by atoms with Crippen LogP contribution in [0.1, 0.15) is 28.8 Å². The number of aromatic nitrogens is 4. The van der Waals surface area contributed by atoms with E-state index in [1.54, 1.807) is 6.20 Å². The van der Waals surface area contributed by atoms with Crippen LogP contribution in [0.25, 0.3) is 0 Å². The Bertz CT molecular complexity index is 657. The molecule has 0 unspecified atom stereocenters. The molecule has 3 N–H and O–H groups in total. The van der Waals surface area contributed by atoms with E-state index in [-0.39, 0.29) is 5.91 Å². The molecular weight excluding hydrogens is 294 g/mol. The summed E-state index contributed by atoms with van der Waals surface area (Å²) in [4.78, 5) is 28.6. The molecule has 23 heavy (non-hydrogen) atoms. The Morgan fingerprint density at radius 1 is 1.04 bits per heavy atom. The molecule has 0 aliphatic heterocycles. The summed E-state index contributed by atoms with van der Waals surface area (Å²) in [5.41, 5.74) is 1.95. The fourth-order valence-electron chi connectivity index (χ4n) is 1.87. The SMILES string of the molecule is CCNc1cc(C)nc(NCCNC(=O)c2cnc(C)cn2)n1. The normalized spacial score (nSPS) is 10.2. The minimum atomic E-state index is -0.252. The predicted molar refractivity (Wildman–Crippen MR) is 88.5 cm³/mol. The van der Waals surface area contributed by atoms with E-state index < -0.39 is 0 Å². The molecule has 8 heteroatoms. The monoisotopic (exact) mass is 315 g/mol. The molecule has 0 fully saturated rings. The maximum atomic E-state index is 11.9. The molecule has 2 rings (SSSR count). The topological polar surface area (TPSA) is 105 Å². The van der Waals surface area contributed by atoms with Crippen LogP contribution in [0, 0.1) is 13.8 Å². The van der Waals surface area contributed by atoms with E-state index in [1.165, 1.54) is 6.20 Å². The first-order valence-corrected chi connectivity index (χ1v) is 7.48. The van der Waals surface area contributed by atoms with Gasteiger partial charge in [0.1, 0.15) is 11.5 Å². The van der Waals surface area contributed by atoms with Gasteiger partial charge in [0, 0.05) is 37.6 Å². The summed E-state index contributed by atoms with van der Waals surface area (Å²) in [5.74, 6) is 1.06. The first-order valence-electron chi connectivity index (χ1n) is 7.48. The highest BCUT2D eigenvalue weighted by atomic mass is 16.1. The van der Waals surface area contributed by atoms with Gasteiger partial charge in [-0.3, -0.25) is 9.78 Å². The molecular formula is C15H21N7O. The zero-order chi connectivity index (χ0) is 16.7. The summed E-state index contributed by atoms with van der Waals surface area (Å²) in [6, 6.07) is 1.88. The fraction of sp³-hybridized carbons (Fsp3) is 0.400. The highest BCUT2D eigenvalue weighted by Crippen LogP contribution is 2.08. The van der Waals surface area contributed by atoms with E-state index in [1.807, 2.05) is 26.8 Å². The zero-order valence-corrected chi connectivity index (χ0v) is 13.6. The first-order chi connectivity index (χ1) is 11.1. The molecule has 122 valence electrons. The molecule has 0 saturated carbocycles. The predicted octanol–water partition coefficient (Wildman–Crippen LogP) is 1.16. The Hall–Kier alpha value is -2.77. The zero-order valence-electron chi connectivity index (χ0n) is 13.6. The van der Waals surface area contributed by atoms with Crippen molar-refractivity contribution in [3.63, 3.8) is 0 Å². The second-order valence-electron chi connectivity index (χ2n) is 4.97. The minimum absolute atomic E-state index is 0.252. The third kappa shape index (κ3) is 5.17. The molecule has 0 bridgehead atoms. The smallest absolute Gasteiger partial charge is 0.271 e. The van der Waals surface area contributed by atoms with E-state index in [9.17, 15) is 4.79 Å². The average Bonchev–Trinajstić information content (AvgIpc) is 2.52. The van der Waals surface area contributed by atoms with Crippen LogP contribution in [0.15, 0.2) is 18.5 Å². The number of rotatable bonds is 7. The number of nitrogens with zero attached hydrogens (tertiary/aromatic N) is 4. The van der Waals surface area contributed by atoms with Crippen molar-refractivity contribution >= 4 is 17.7 Å². The Balaban J connectivity index is 1.81. The highest BCUT2D eigenvalue weighted by Gasteiger charge is 2.06. The Morgan fingerprint density at radius 2 is 1.87 bits per heavy atom. The van der Waals surface area contributed by atoms with Gasteiger partial charge in [-0.25, -0.2) is 9.97 Å². The average molecular weight is 315 g/mol. The van der Waals surface area contributed by atoms with E-state index >= 15 is 0 Å². The number of hydrogen-bond acceptors (Lipinski definition) is 7. The van der Waals surface area contributed by atoms with Crippen molar-refractivity contribution in [2.24, 2.45) is 0 Å². The van der Waals surface area contributed by atoms with Gasteiger partial charge in [0.2, 0.25) is 5.95 Å². The fourth-order valence-corrected chi connectivity index (χ4v) is 1.87. The Labute approximate surface area is 135 Å². The van der Waals surface area contributed by atoms with Gasteiger partial charge in [0.25, 0.3) is 5.91 Å². The van der Waals surface area contributed by atoms with E-state index in [2.05, 4.69) is 35.9 Å². The molecule has 0 radical (unpaired) electrons. The van der Waals surface area contributed by atoms with Crippen LogP contribution in [-0.2, 0) is 0 Å². The first kappa shape index (κ1) is 16.6. The van der Waals surface area contributed by atoms with Crippen molar-refractivity contribution in [1.29, 1.82) is 0 Å². The lowest BCUT2D eigenvalue weighted by Crippen LogP contribution is -2.29. The molecule has 0 aromatic carbocycles.